The lowest BCUT2D eigenvalue weighted by Gasteiger charge is -2.33. The summed E-state index contributed by atoms with van der Waals surface area (Å²) in [6.07, 6.45) is 5.40. The fourth-order valence-electron chi connectivity index (χ4n) is 3.99. The zero-order valence-electron chi connectivity index (χ0n) is 18.1. The number of carbonyl (C=O) groups excluding carboxylic acids is 1. The molecular formula is C20H28ClN7O3S. The smallest absolute Gasteiger partial charge is 0.243 e. The fraction of sp³-hybridized carbons (Fsp3) is 0.450. The molecule has 32 heavy (non-hydrogen) atoms. The van der Waals surface area contributed by atoms with Gasteiger partial charge >= 0.3 is 0 Å². The number of benzene rings is 1. The highest BCUT2D eigenvalue weighted by molar-refractivity contribution is 7.89. The van der Waals surface area contributed by atoms with E-state index in [1.807, 2.05) is 0 Å². The number of aromatic nitrogens is 1. The number of anilines is 1. The molecule has 1 heterocycles. The van der Waals surface area contributed by atoms with Gasteiger partial charge in [-0.3, -0.25) is 15.2 Å². The van der Waals surface area contributed by atoms with Crippen LogP contribution in [0.15, 0.2) is 35.5 Å². The van der Waals surface area contributed by atoms with Crippen LogP contribution >= 0.6 is 11.8 Å². The van der Waals surface area contributed by atoms with Gasteiger partial charge in [0, 0.05) is 48.9 Å². The topological polar surface area (TPSA) is 145 Å². The second-order valence-electron chi connectivity index (χ2n) is 7.93. The predicted octanol–water partition coefficient (Wildman–Crippen LogP) is 1.36. The fourth-order valence-corrected chi connectivity index (χ4v) is 5.58. The van der Waals surface area contributed by atoms with Gasteiger partial charge in [0.2, 0.25) is 21.9 Å². The minimum absolute atomic E-state index is 0.0184. The lowest BCUT2D eigenvalue weighted by molar-refractivity contribution is -0.136. The summed E-state index contributed by atoms with van der Waals surface area (Å²) >= 11 is 6.05. The summed E-state index contributed by atoms with van der Waals surface area (Å²) in [4.78, 5) is 18.8. The summed E-state index contributed by atoms with van der Waals surface area (Å²) in [5, 5.41) is 11.6. The Morgan fingerprint density at radius 2 is 2.00 bits per heavy atom. The largest absolute Gasteiger partial charge is 0.369 e. The normalized spacial score (nSPS) is 15.6. The third kappa shape index (κ3) is 4.80. The van der Waals surface area contributed by atoms with E-state index in [4.69, 9.17) is 22.9 Å². The average molecular weight is 482 g/mol. The molecule has 5 N–H and O–H groups in total. The Labute approximate surface area is 192 Å². The summed E-state index contributed by atoms with van der Waals surface area (Å²) in [5.74, 6) is -0.610. The third-order valence-corrected chi connectivity index (χ3v) is 7.58. The van der Waals surface area contributed by atoms with Gasteiger partial charge in [0.25, 0.3) is 0 Å². The second-order valence-corrected chi connectivity index (χ2v) is 9.95. The number of fused-ring (bicyclic) bond motifs is 1. The van der Waals surface area contributed by atoms with Crippen molar-refractivity contribution in [2.24, 2.45) is 5.73 Å². The second kappa shape index (κ2) is 9.57. The van der Waals surface area contributed by atoms with Crippen LogP contribution in [0.25, 0.3) is 10.8 Å². The van der Waals surface area contributed by atoms with Gasteiger partial charge < -0.3 is 16.0 Å². The number of nitrogens with one attached hydrogen (secondary N) is 3. The molecule has 12 heteroatoms. The molecule has 0 atom stereocenters. The SMILES string of the molecule is CNCCN(C)C(=O)C1(NS(=O)(=O)c2ccc3c(N(Cl)C(=N)N)cncc3c2)CCCC1. The maximum atomic E-state index is 13.3. The molecule has 1 saturated carbocycles. The van der Waals surface area contributed by atoms with Crippen molar-refractivity contribution in [3.8, 4) is 0 Å². The summed E-state index contributed by atoms with van der Waals surface area (Å²) < 4.78 is 30.3. The van der Waals surface area contributed by atoms with Crippen LogP contribution in [0.2, 0.25) is 0 Å². The minimum Gasteiger partial charge on any atom is -0.369 e. The predicted molar refractivity (Wildman–Crippen MR) is 125 cm³/mol. The Hall–Kier alpha value is -2.47. The summed E-state index contributed by atoms with van der Waals surface area (Å²) in [6, 6.07) is 4.50. The number of carbonyl (C=O) groups is 1. The number of halogens is 1. The lowest BCUT2D eigenvalue weighted by Crippen LogP contribution is -2.57. The maximum absolute atomic E-state index is 13.3. The molecule has 3 rings (SSSR count). The first kappa shape index (κ1) is 24.2. The number of guanidine groups is 1. The average Bonchev–Trinajstić information content (AvgIpc) is 3.24. The molecule has 10 nitrogen and oxygen atoms in total. The highest BCUT2D eigenvalue weighted by Gasteiger charge is 2.45. The number of amides is 1. The van der Waals surface area contributed by atoms with Crippen LogP contribution in [0.4, 0.5) is 5.69 Å². The quantitative estimate of drug-likeness (QED) is 0.253. The van der Waals surface area contributed by atoms with Gasteiger partial charge in [-0.25, -0.2) is 12.8 Å². The van der Waals surface area contributed by atoms with Crippen LogP contribution < -0.4 is 20.2 Å². The number of likely N-dealkylation sites (N-methyl/N-ethyl adjacent to an activating group) is 2. The maximum Gasteiger partial charge on any atom is 0.243 e. The Balaban J connectivity index is 1.94. The molecule has 0 saturated heterocycles. The third-order valence-electron chi connectivity index (χ3n) is 5.68. The van der Waals surface area contributed by atoms with Crippen molar-refractivity contribution < 1.29 is 13.2 Å². The van der Waals surface area contributed by atoms with Crippen molar-refractivity contribution >= 4 is 50.1 Å². The highest BCUT2D eigenvalue weighted by atomic mass is 35.5. The molecule has 2 aromatic rings. The minimum atomic E-state index is -4.00. The van der Waals surface area contributed by atoms with Gasteiger partial charge in [-0.2, -0.15) is 4.72 Å². The molecular weight excluding hydrogens is 454 g/mol. The lowest BCUT2D eigenvalue weighted by atomic mass is 9.97. The van der Waals surface area contributed by atoms with Gasteiger partial charge in [-0.15, -0.1) is 0 Å². The van der Waals surface area contributed by atoms with Gasteiger partial charge in [0.05, 0.1) is 16.8 Å². The molecule has 1 amide bonds. The van der Waals surface area contributed by atoms with Crippen molar-refractivity contribution in [1.82, 2.24) is 19.9 Å². The molecule has 0 radical (unpaired) electrons. The first-order valence-corrected chi connectivity index (χ1v) is 12.1. The van der Waals surface area contributed by atoms with Gasteiger partial charge in [-0.1, -0.05) is 18.9 Å². The Bertz CT molecular complexity index is 1120. The number of hydrogen-bond donors (Lipinski definition) is 4. The van der Waals surface area contributed by atoms with Crippen LogP contribution in [0.3, 0.4) is 0 Å². The zero-order valence-corrected chi connectivity index (χ0v) is 19.6. The van der Waals surface area contributed by atoms with E-state index in [0.29, 0.717) is 42.4 Å². The standard InChI is InChI=1S/C20H28ClN7O3S/c1-24-9-10-27(2)18(29)20(7-3-4-8-20)26-32(30,31)15-5-6-16-14(11-15)12-25-13-17(16)28(21)19(22)23/h5-6,11-13,24,26H,3-4,7-10H2,1-2H3,(H3,22,23). The van der Waals surface area contributed by atoms with Crippen LogP contribution in [0, 0.1) is 5.41 Å². The van der Waals surface area contributed by atoms with Crippen LogP contribution in [0.5, 0.6) is 0 Å². The van der Waals surface area contributed by atoms with E-state index in [0.717, 1.165) is 17.3 Å². The summed E-state index contributed by atoms with van der Waals surface area (Å²) in [6.45, 7) is 1.09. The van der Waals surface area contributed by atoms with Gasteiger partial charge in [0.15, 0.2) is 0 Å². The Morgan fingerprint density at radius 1 is 1.31 bits per heavy atom. The molecule has 1 aliphatic carbocycles. The van der Waals surface area contributed by atoms with Crippen molar-refractivity contribution in [1.29, 1.82) is 5.41 Å². The number of nitrogens with two attached hydrogens (primary N) is 1. The van der Waals surface area contributed by atoms with Crippen molar-refractivity contribution in [3.05, 3.63) is 30.6 Å². The molecule has 0 bridgehead atoms. The van der Waals surface area contributed by atoms with E-state index in [1.54, 1.807) is 25.1 Å². The number of sulfonamides is 1. The monoisotopic (exact) mass is 481 g/mol. The summed E-state index contributed by atoms with van der Waals surface area (Å²) in [7, 11) is -0.514. The van der Waals surface area contributed by atoms with Crippen LogP contribution in [0.1, 0.15) is 25.7 Å². The molecule has 0 spiro atoms. The van der Waals surface area contributed by atoms with Crippen LogP contribution in [-0.4, -0.2) is 62.9 Å². The van der Waals surface area contributed by atoms with Gasteiger partial charge in [0.1, 0.15) is 5.54 Å². The highest BCUT2D eigenvalue weighted by Crippen LogP contribution is 2.34. The number of pyridine rings is 1. The van der Waals surface area contributed by atoms with E-state index in [2.05, 4.69) is 15.0 Å². The first-order valence-electron chi connectivity index (χ1n) is 10.2. The Kier molecular flexibility index (Phi) is 7.23. The van der Waals surface area contributed by atoms with E-state index < -0.39 is 15.6 Å². The molecule has 1 aromatic heterocycles. The van der Waals surface area contributed by atoms with E-state index >= 15 is 0 Å². The zero-order chi connectivity index (χ0) is 23.5. The van der Waals surface area contributed by atoms with Crippen molar-refractivity contribution in [3.63, 3.8) is 0 Å². The Morgan fingerprint density at radius 3 is 2.62 bits per heavy atom. The number of hydrogen-bond acceptors (Lipinski definition) is 6. The molecule has 1 aromatic carbocycles. The van der Waals surface area contributed by atoms with E-state index in [9.17, 15) is 13.2 Å². The van der Waals surface area contributed by atoms with Crippen LogP contribution in [-0.2, 0) is 14.8 Å². The molecule has 1 fully saturated rings. The first-order chi connectivity index (χ1) is 15.1. The van der Waals surface area contributed by atoms with E-state index in [-0.39, 0.29) is 16.8 Å². The number of nitrogens with zero attached hydrogens (tertiary/aromatic N) is 3. The van der Waals surface area contributed by atoms with E-state index in [1.165, 1.54) is 24.5 Å². The molecule has 0 unspecified atom stereocenters. The number of rotatable bonds is 8. The van der Waals surface area contributed by atoms with Crippen molar-refractivity contribution in [2.45, 2.75) is 36.1 Å². The molecule has 0 aliphatic heterocycles. The molecule has 174 valence electrons. The summed E-state index contributed by atoms with van der Waals surface area (Å²) in [5.41, 5.74) is 4.66. The van der Waals surface area contributed by atoms with Crippen molar-refractivity contribution in [2.75, 3.05) is 31.6 Å². The van der Waals surface area contributed by atoms with Gasteiger partial charge in [-0.05, 0) is 32.0 Å². The molecule has 1 aliphatic rings.